The van der Waals surface area contributed by atoms with Crippen molar-refractivity contribution in [1.29, 1.82) is 5.41 Å². The van der Waals surface area contributed by atoms with Crippen molar-refractivity contribution in [2.45, 2.75) is 19.5 Å². The van der Waals surface area contributed by atoms with Gasteiger partial charge >= 0.3 is 0 Å². The van der Waals surface area contributed by atoms with E-state index in [1.54, 1.807) is 12.3 Å². The molecule has 22 heavy (non-hydrogen) atoms. The van der Waals surface area contributed by atoms with Crippen LogP contribution in [0.2, 0.25) is 0 Å². The number of allylic oxidation sites excluding steroid dienone is 1. The van der Waals surface area contributed by atoms with E-state index in [-0.39, 0.29) is 5.82 Å². The molecule has 2 aromatic rings. The van der Waals surface area contributed by atoms with Crippen LogP contribution >= 0.6 is 0 Å². The van der Waals surface area contributed by atoms with Crippen molar-refractivity contribution in [2.24, 2.45) is 5.73 Å². The fraction of sp³-hybridized carbons (Fsp3) is 0.188. The maximum absolute atomic E-state index is 13.6. The van der Waals surface area contributed by atoms with Crippen molar-refractivity contribution in [2.75, 3.05) is 5.32 Å². The molecule has 0 aliphatic heterocycles. The van der Waals surface area contributed by atoms with Crippen LogP contribution in [-0.4, -0.2) is 22.8 Å². The summed E-state index contributed by atoms with van der Waals surface area (Å²) in [6, 6.07) is 7.16. The molecule has 114 valence electrons. The van der Waals surface area contributed by atoms with E-state index in [0.29, 0.717) is 5.57 Å². The third kappa shape index (κ3) is 3.28. The Hall–Kier alpha value is -2.76. The van der Waals surface area contributed by atoms with Gasteiger partial charge in [-0.3, -0.25) is 4.79 Å². The van der Waals surface area contributed by atoms with Crippen LogP contribution in [0.4, 0.5) is 10.2 Å². The minimum absolute atomic E-state index is 0.272. The van der Waals surface area contributed by atoms with Crippen LogP contribution in [0.3, 0.4) is 0 Å². The first-order chi connectivity index (χ1) is 10.3. The number of aromatic nitrogens is 1. The lowest BCUT2D eigenvalue weighted by Gasteiger charge is -2.13. The second-order valence-electron chi connectivity index (χ2n) is 5.32. The molecule has 0 unspecified atom stereocenters. The molecule has 1 heterocycles. The molecule has 0 saturated carbocycles. The van der Waals surface area contributed by atoms with Crippen LogP contribution in [0.25, 0.3) is 16.3 Å². The fourth-order valence-electron chi connectivity index (χ4n) is 1.88. The van der Waals surface area contributed by atoms with Gasteiger partial charge in [-0.05, 0) is 36.9 Å². The van der Waals surface area contributed by atoms with Gasteiger partial charge in [0.25, 0.3) is 5.91 Å². The zero-order chi connectivity index (χ0) is 16.3. The fourth-order valence-corrected chi connectivity index (χ4v) is 1.88. The Kier molecular flexibility index (Phi) is 4.21. The van der Waals surface area contributed by atoms with E-state index in [0.717, 1.165) is 22.6 Å². The molecule has 0 aliphatic carbocycles. The zero-order valence-corrected chi connectivity index (χ0v) is 12.4. The lowest BCUT2D eigenvalue weighted by atomic mass is 10.0. The minimum Gasteiger partial charge on any atom is -0.404 e. The average Bonchev–Trinajstić information content (AvgIpc) is 2.47. The number of hydrogen-bond acceptors (Lipinski definition) is 4. The highest BCUT2D eigenvalue weighted by Crippen LogP contribution is 2.22. The van der Waals surface area contributed by atoms with Crippen LogP contribution in [-0.2, 0) is 4.79 Å². The number of carbonyl (C=O) groups is 1. The lowest BCUT2D eigenvalue weighted by Crippen LogP contribution is -2.32. The van der Waals surface area contributed by atoms with Crippen LogP contribution < -0.4 is 11.1 Å². The molecule has 4 N–H and O–H groups in total. The third-order valence-electron chi connectivity index (χ3n) is 3.17. The number of nitrogens with one attached hydrogen (secondary N) is 2. The van der Waals surface area contributed by atoms with Crippen LogP contribution in [0.1, 0.15) is 19.4 Å². The monoisotopic (exact) mass is 300 g/mol. The van der Waals surface area contributed by atoms with Gasteiger partial charge < -0.3 is 16.5 Å². The van der Waals surface area contributed by atoms with Crippen molar-refractivity contribution < 1.29 is 9.18 Å². The highest BCUT2D eigenvalue weighted by molar-refractivity contribution is 6.09. The number of nitrogens with zero attached hydrogens (tertiary/aromatic N) is 1. The molecule has 1 amide bonds. The Morgan fingerprint density at radius 2 is 2.09 bits per heavy atom. The van der Waals surface area contributed by atoms with Gasteiger partial charge in [0.2, 0.25) is 0 Å². The minimum atomic E-state index is -1.98. The molecule has 0 atom stereocenters. The average molecular weight is 300 g/mol. The van der Waals surface area contributed by atoms with Crippen molar-refractivity contribution >= 4 is 34.3 Å². The molecular formula is C16H17FN4O. The molecule has 0 spiro atoms. The number of anilines is 1. The number of pyridine rings is 1. The van der Waals surface area contributed by atoms with E-state index in [2.05, 4.69) is 10.3 Å². The molecule has 6 heteroatoms. The first-order valence-electron chi connectivity index (χ1n) is 6.68. The van der Waals surface area contributed by atoms with Crippen LogP contribution in [0, 0.1) is 5.41 Å². The van der Waals surface area contributed by atoms with E-state index in [9.17, 15) is 9.18 Å². The van der Waals surface area contributed by atoms with E-state index in [1.807, 2.05) is 18.2 Å². The summed E-state index contributed by atoms with van der Waals surface area (Å²) in [6.07, 6.45) is 4.11. The lowest BCUT2D eigenvalue weighted by molar-refractivity contribution is -0.125. The highest BCUT2D eigenvalue weighted by atomic mass is 19.1. The van der Waals surface area contributed by atoms with Gasteiger partial charge in [-0.2, -0.15) is 0 Å². The SMILES string of the molecule is CC(C)(F)C(=O)Nc1cc2cc(/C(C=N)=C/N)ccc2cn1. The summed E-state index contributed by atoms with van der Waals surface area (Å²) in [6.45, 7) is 2.37. The Bertz CT molecular complexity index is 762. The summed E-state index contributed by atoms with van der Waals surface area (Å²) in [5, 5.41) is 11.4. The van der Waals surface area contributed by atoms with Gasteiger partial charge in [0.05, 0.1) is 0 Å². The Balaban J connectivity index is 2.40. The second kappa shape index (κ2) is 5.93. The van der Waals surface area contributed by atoms with E-state index < -0.39 is 11.6 Å². The Morgan fingerprint density at radius 1 is 1.36 bits per heavy atom. The van der Waals surface area contributed by atoms with Gasteiger partial charge in [-0.15, -0.1) is 0 Å². The third-order valence-corrected chi connectivity index (χ3v) is 3.17. The molecule has 0 radical (unpaired) electrons. The molecule has 0 saturated heterocycles. The molecule has 0 aliphatic rings. The summed E-state index contributed by atoms with van der Waals surface area (Å²) in [4.78, 5) is 15.7. The largest absolute Gasteiger partial charge is 0.404 e. The predicted molar refractivity (Wildman–Crippen MR) is 86.5 cm³/mol. The Morgan fingerprint density at radius 3 is 2.68 bits per heavy atom. The first-order valence-corrected chi connectivity index (χ1v) is 6.68. The standard InChI is InChI=1S/C16H17FN4O/c1-16(2,17)15(22)21-14-6-12-5-10(13(7-18)8-19)3-4-11(12)9-20-14/h3-9,18H,19H2,1-2H3,(H,20,21,22)/b13-8+,18-7?. The summed E-state index contributed by atoms with van der Waals surface area (Å²) in [5.74, 6) is -0.481. The van der Waals surface area contributed by atoms with Gasteiger partial charge in [0, 0.05) is 29.6 Å². The zero-order valence-electron chi connectivity index (χ0n) is 12.4. The number of nitrogens with two attached hydrogens (primary N) is 1. The molecule has 0 bridgehead atoms. The number of benzene rings is 1. The topological polar surface area (TPSA) is 91.9 Å². The molecule has 1 aromatic carbocycles. The molecule has 0 fully saturated rings. The first kappa shape index (κ1) is 15.6. The van der Waals surface area contributed by atoms with Crippen molar-refractivity contribution in [3.05, 3.63) is 42.2 Å². The summed E-state index contributed by atoms with van der Waals surface area (Å²) in [5.41, 5.74) is 4.86. The summed E-state index contributed by atoms with van der Waals surface area (Å²) >= 11 is 0. The van der Waals surface area contributed by atoms with Gasteiger partial charge in [0.1, 0.15) is 5.82 Å². The highest BCUT2D eigenvalue weighted by Gasteiger charge is 2.26. The number of alkyl halides is 1. The quantitative estimate of drug-likeness (QED) is 0.758. The van der Waals surface area contributed by atoms with Crippen LogP contribution in [0.15, 0.2) is 36.7 Å². The number of halogens is 1. The number of hydrogen-bond donors (Lipinski definition) is 3. The van der Waals surface area contributed by atoms with E-state index in [1.165, 1.54) is 20.0 Å². The maximum atomic E-state index is 13.6. The van der Waals surface area contributed by atoms with E-state index in [4.69, 9.17) is 11.1 Å². The van der Waals surface area contributed by atoms with Crippen molar-refractivity contribution in [3.8, 4) is 0 Å². The summed E-state index contributed by atoms with van der Waals surface area (Å²) in [7, 11) is 0. The normalized spacial score (nSPS) is 12.2. The number of fused-ring (bicyclic) bond motifs is 1. The molecular weight excluding hydrogens is 283 g/mol. The maximum Gasteiger partial charge on any atom is 0.262 e. The number of carbonyl (C=O) groups excluding carboxylic acids is 1. The Labute approximate surface area is 127 Å². The molecule has 5 nitrogen and oxygen atoms in total. The van der Waals surface area contributed by atoms with Crippen LogP contribution in [0.5, 0.6) is 0 Å². The van der Waals surface area contributed by atoms with Gasteiger partial charge in [-0.1, -0.05) is 12.1 Å². The van der Waals surface area contributed by atoms with Gasteiger partial charge in [0.15, 0.2) is 5.67 Å². The van der Waals surface area contributed by atoms with Crippen molar-refractivity contribution in [3.63, 3.8) is 0 Å². The van der Waals surface area contributed by atoms with Gasteiger partial charge in [-0.25, -0.2) is 9.37 Å². The van der Waals surface area contributed by atoms with Crippen molar-refractivity contribution in [1.82, 2.24) is 4.98 Å². The smallest absolute Gasteiger partial charge is 0.262 e. The summed E-state index contributed by atoms with van der Waals surface area (Å²) < 4.78 is 13.6. The van der Waals surface area contributed by atoms with E-state index >= 15 is 0 Å². The second-order valence-corrected chi connectivity index (χ2v) is 5.32. The molecule has 1 aromatic heterocycles. The molecule has 2 rings (SSSR count). The number of amides is 1. The predicted octanol–water partition coefficient (Wildman–Crippen LogP) is 2.87. The number of rotatable bonds is 4.